The molecule has 1 rings (SSSR count). The summed E-state index contributed by atoms with van der Waals surface area (Å²) in [5, 5.41) is 4.26. The van der Waals surface area contributed by atoms with Crippen LogP contribution in [0.5, 0.6) is 0 Å². The van der Waals surface area contributed by atoms with Gasteiger partial charge >= 0.3 is 6.18 Å². The maximum atomic E-state index is 13.1. The molecule has 0 heterocycles. The van der Waals surface area contributed by atoms with E-state index in [1.807, 2.05) is 5.32 Å². The predicted octanol–water partition coefficient (Wildman–Crippen LogP) is 1.59. The van der Waals surface area contributed by atoms with Crippen LogP contribution in [0.3, 0.4) is 0 Å². The number of hydrogen-bond acceptors (Lipinski definition) is 2. The Morgan fingerprint density at radius 3 is 2.50 bits per heavy atom. The molecule has 3 nitrogen and oxygen atoms in total. The maximum absolute atomic E-state index is 13.1. The zero-order valence-corrected chi connectivity index (χ0v) is 9.35. The van der Waals surface area contributed by atoms with Crippen LogP contribution in [0, 0.1) is 5.82 Å². The average Bonchev–Trinajstić information content (AvgIpc) is 2.26. The van der Waals surface area contributed by atoms with Crippen molar-refractivity contribution < 1.29 is 22.4 Å². The third-order valence-corrected chi connectivity index (χ3v) is 2.04. The Labute approximate surface area is 101 Å². The smallest absolute Gasteiger partial charge is 0.351 e. The number of amides is 1. The van der Waals surface area contributed by atoms with Crippen molar-refractivity contribution in [3.63, 3.8) is 0 Å². The van der Waals surface area contributed by atoms with Gasteiger partial charge in [0.05, 0.1) is 13.1 Å². The number of carbonyl (C=O) groups is 1. The van der Waals surface area contributed by atoms with Crippen LogP contribution < -0.4 is 10.6 Å². The van der Waals surface area contributed by atoms with Crippen molar-refractivity contribution in [1.82, 2.24) is 10.6 Å². The van der Waals surface area contributed by atoms with E-state index in [0.29, 0.717) is 0 Å². The third-order valence-electron chi connectivity index (χ3n) is 2.04. The van der Waals surface area contributed by atoms with Gasteiger partial charge in [-0.3, -0.25) is 4.79 Å². The normalized spacial score (nSPS) is 11.3. The first kappa shape index (κ1) is 14.4. The molecule has 18 heavy (non-hydrogen) atoms. The quantitative estimate of drug-likeness (QED) is 0.793. The van der Waals surface area contributed by atoms with Crippen molar-refractivity contribution in [3.05, 3.63) is 35.6 Å². The Balaban J connectivity index is 2.28. The molecule has 2 N–H and O–H groups in total. The number of alkyl halides is 3. The summed E-state index contributed by atoms with van der Waals surface area (Å²) in [6.07, 6.45) is -4.36. The molecule has 0 aliphatic carbocycles. The minimum absolute atomic E-state index is 0.0563. The lowest BCUT2D eigenvalue weighted by Crippen LogP contribution is -2.38. The number of hydrogen-bond donors (Lipinski definition) is 2. The SMILES string of the molecule is O=C(CNCC(F)(F)F)NCc1ccccc1F. The zero-order valence-electron chi connectivity index (χ0n) is 9.35. The Hall–Kier alpha value is -1.63. The molecular weight excluding hydrogens is 252 g/mol. The first-order valence-electron chi connectivity index (χ1n) is 5.16. The molecule has 0 unspecified atom stereocenters. The molecule has 1 aromatic rings. The maximum Gasteiger partial charge on any atom is 0.401 e. The van der Waals surface area contributed by atoms with Crippen LogP contribution in [0.15, 0.2) is 24.3 Å². The summed E-state index contributed by atoms with van der Waals surface area (Å²) >= 11 is 0. The van der Waals surface area contributed by atoms with Gasteiger partial charge in [-0.15, -0.1) is 0 Å². The van der Waals surface area contributed by atoms with E-state index >= 15 is 0 Å². The second-order valence-electron chi connectivity index (χ2n) is 3.59. The van der Waals surface area contributed by atoms with Crippen molar-refractivity contribution in [2.24, 2.45) is 0 Å². The van der Waals surface area contributed by atoms with Crippen LogP contribution in [-0.2, 0) is 11.3 Å². The van der Waals surface area contributed by atoms with Gasteiger partial charge in [-0.05, 0) is 6.07 Å². The molecule has 0 bridgehead atoms. The summed E-state index contributed by atoms with van der Waals surface area (Å²) in [6, 6.07) is 5.83. The van der Waals surface area contributed by atoms with E-state index < -0.39 is 31.0 Å². The van der Waals surface area contributed by atoms with Crippen LogP contribution in [-0.4, -0.2) is 25.2 Å². The summed E-state index contributed by atoms with van der Waals surface area (Å²) in [7, 11) is 0. The van der Waals surface area contributed by atoms with E-state index in [9.17, 15) is 22.4 Å². The fourth-order valence-electron chi connectivity index (χ4n) is 1.22. The lowest BCUT2D eigenvalue weighted by molar-refractivity contribution is -0.128. The zero-order chi connectivity index (χ0) is 13.6. The summed E-state index contributed by atoms with van der Waals surface area (Å²) in [4.78, 5) is 11.2. The molecule has 100 valence electrons. The molecule has 0 radical (unpaired) electrons. The van der Waals surface area contributed by atoms with Crippen molar-refractivity contribution in [3.8, 4) is 0 Å². The van der Waals surface area contributed by atoms with Gasteiger partial charge < -0.3 is 10.6 Å². The van der Waals surface area contributed by atoms with Crippen molar-refractivity contribution in [2.45, 2.75) is 12.7 Å². The minimum atomic E-state index is -4.36. The molecular formula is C11H12F4N2O. The minimum Gasteiger partial charge on any atom is -0.351 e. The monoisotopic (exact) mass is 264 g/mol. The lowest BCUT2D eigenvalue weighted by Gasteiger charge is -2.09. The number of halogens is 4. The number of benzene rings is 1. The van der Waals surface area contributed by atoms with E-state index in [2.05, 4.69) is 5.32 Å². The molecule has 1 aromatic carbocycles. The molecule has 0 aliphatic rings. The second kappa shape index (κ2) is 6.34. The fraction of sp³-hybridized carbons (Fsp3) is 0.364. The van der Waals surface area contributed by atoms with Crippen LogP contribution >= 0.6 is 0 Å². The van der Waals surface area contributed by atoms with Crippen molar-refractivity contribution in [1.29, 1.82) is 0 Å². The lowest BCUT2D eigenvalue weighted by atomic mass is 10.2. The standard InChI is InChI=1S/C11H12F4N2O/c12-9-4-2-1-3-8(9)5-17-10(18)6-16-7-11(13,14)15/h1-4,16H,5-7H2,(H,17,18). The van der Waals surface area contributed by atoms with E-state index in [0.717, 1.165) is 0 Å². The van der Waals surface area contributed by atoms with Gasteiger partial charge in [0, 0.05) is 12.1 Å². The Bertz CT molecular complexity index is 406. The number of carbonyl (C=O) groups excluding carboxylic acids is 1. The Kier molecular flexibility index (Phi) is 5.08. The molecule has 0 fully saturated rings. The van der Waals surface area contributed by atoms with Crippen LogP contribution in [0.4, 0.5) is 17.6 Å². The van der Waals surface area contributed by atoms with Crippen LogP contribution in [0.2, 0.25) is 0 Å². The Morgan fingerprint density at radius 1 is 1.22 bits per heavy atom. The Morgan fingerprint density at radius 2 is 1.89 bits per heavy atom. The highest BCUT2D eigenvalue weighted by Gasteiger charge is 2.26. The summed E-state index contributed by atoms with van der Waals surface area (Å²) < 4.78 is 48.4. The first-order chi connectivity index (χ1) is 8.38. The summed E-state index contributed by atoms with van der Waals surface area (Å²) in [5.41, 5.74) is 0.279. The van der Waals surface area contributed by atoms with Gasteiger partial charge in [0.15, 0.2) is 0 Å². The molecule has 0 saturated heterocycles. The highest BCUT2D eigenvalue weighted by Crippen LogP contribution is 2.11. The van der Waals surface area contributed by atoms with Gasteiger partial charge in [0.1, 0.15) is 5.82 Å². The largest absolute Gasteiger partial charge is 0.401 e. The number of nitrogens with one attached hydrogen (secondary N) is 2. The van der Waals surface area contributed by atoms with Crippen molar-refractivity contribution >= 4 is 5.91 Å². The van der Waals surface area contributed by atoms with E-state index in [-0.39, 0.29) is 12.1 Å². The van der Waals surface area contributed by atoms with E-state index in [1.54, 1.807) is 6.07 Å². The second-order valence-corrected chi connectivity index (χ2v) is 3.59. The van der Waals surface area contributed by atoms with Crippen LogP contribution in [0.1, 0.15) is 5.56 Å². The average molecular weight is 264 g/mol. The van der Waals surface area contributed by atoms with Gasteiger partial charge in [0.2, 0.25) is 5.91 Å². The van der Waals surface area contributed by atoms with E-state index in [4.69, 9.17) is 0 Å². The molecule has 0 aromatic heterocycles. The molecule has 7 heteroatoms. The van der Waals surface area contributed by atoms with Gasteiger partial charge in [-0.2, -0.15) is 13.2 Å². The summed E-state index contributed by atoms with van der Waals surface area (Å²) in [6.45, 7) is -1.76. The summed E-state index contributed by atoms with van der Waals surface area (Å²) in [5.74, 6) is -1.09. The fourth-order valence-corrected chi connectivity index (χ4v) is 1.22. The van der Waals surface area contributed by atoms with E-state index in [1.165, 1.54) is 18.2 Å². The van der Waals surface area contributed by atoms with Crippen molar-refractivity contribution in [2.75, 3.05) is 13.1 Å². The first-order valence-corrected chi connectivity index (χ1v) is 5.16. The van der Waals surface area contributed by atoms with Gasteiger partial charge in [0.25, 0.3) is 0 Å². The highest BCUT2D eigenvalue weighted by molar-refractivity contribution is 5.77. The van der Waals surface area contributed by atoms with Gasteiger partial charge in [-0.1, -0.05) is 18.2 Å². The molecule has 0 spiro atoms. The third kappa shape index (κ3) is 5.62. The predicted molar refractivity (Wildman–Crippen MR) is 57.2 cm³/mol. The molecule has 0 atom stereocenters. The highest BCUT2D eigenvalue weighted by atomic mass is 19.4. The van der Waals surface area contributed by atoms with Crippen LogP contribution in [0.25, 0.3) is 0 Å². The number of rotatable bonds is 5. The topological polar surface area (TPSA) is 41.1 Å². The molecule has 0 aliphatic heterocycles. The molecule has 1 amide bonds. The van der Waals surface area contributed by atoms with Gasteiger partial charge in [-0.25, -0.2) is 4.39 Å². The molecule has 0 saturated carbocycles.